The topological polar surface area (TPSA) is 75.8 Å². The predicted octanol–water partition coefficient (Wildman–Crippen LogP) is 3.02. The fourth-order valence-electron chi connectivity index (χ4n) is 2.67. The summed E-state index contributed by atoms with van der Waals surface area (Å²) in [4.78, 5) is 9.30. The van der Waals surface area contributed by atoms with E-state index in [4.69, 9.17) is 0 Å². The summed E-state index contributed by atoms with van der Waals surface area (Å²) in [6.07, 6.45) is 3.66. The number of fused-ring (bicyclic) bond motifs is 1. The van der Waals surface area contributed by atoms with Crippen molar-refractivity contribution in [3.63, 3.8) is 0 Å². The Hall–Kier alpha value is -3.32. The van der Waals surface area contributed by atoms with Crippen LogP contribution in [0.2, 0.25) is 0 Å². The smallest absolute Gasteiger partial charge is 0.256 e. The average Bonchev–Trinajstić information content (AvgIpc) is 2.69. The zero-order valence-corrected chi connectivity index (χ0v) is 15.4. The zero-order chi connectivity index (χ0) is 18.9. The van der Waals surface area contributed by atoms with Crippen LogP contribution in [0.15, 0.2) is 84.0 Å². The fraction of sp³-hybridized carbons (Fsp3) is 0.0500. The molecule has 0 bridgehead atoms. The molecule has 0 unspecified atom stereocenters. The van der Waals surface area contributed by atoms with E-state index in [-0.39, 0.29) is 10.7 Å². The quantitative estimate of drug-likeness (QED) is 0.555. The van der Waals surface area contributed by atoms with Gasteiger partial charge in [0.15, 0.2) is 0 Å². The van der Waals surface area contributed by atoms with Crippen LogP contribution in [0.1, 0.15) is 5.56 Å². The number of aryl methyl sites for hydroxylation is 1. The summed E-state index contributed by atoms with van der Waals surface area (Å²) in [5.41, 5.74) is 2.38. The van der Waals surface area contributed by atoms with Crippen molar-refractivity contribution in [3.05, 3.63) is 84.7 Å². The summed E-state index contributed by atoms with van der Waals surface area (Å²) < 4.78 is 29.9. The molecule has 7 heteroatoms. The highest BCUT2D eigenvalue weighted by Crippen LogP contribution is 2.20. The minimum Gasteiger partial charge on any atom is -0.256 e. The van der Waals surface area contributed by atoms with E-state index in [1.807, 2.05) is 49.6 Å². The fourth-order valence-corrected chi connectivity index (χ4v) is 3.69. The molecule has 0 fully saturated rings. The molecule has 0 aliphatic carbocycles. The minimum absolute atomic E-state index is 0.166. The van der Waals surface area contributed by atoms with Gasteiger partial charge in [-0.15, -0.1) is 0 Å². The van der Waals surface area contributed by atoms with Gasteiger partial charge in [0, 0.05) is 0 Å². The van der Waals surface area contributed by atoms with Crippen LogP contribution in [0.3, 0.4) is 0 Å². The van der Waals surface area contributed by atoms with Crippen LogP contribution in [0, 0.1) is 6.92 Å². The number of para-hydroxylation sites is 2. The molecular weight excluding hydrogens is 360 g/mol. The van der Waals surface area contributed by atoms with Crippen LogP contribution in [-0.4, -0.2) is 18.4 Å². The maximum Gasteiger partial charge on any atom is 0.372 e. The Morgan fingerprint density at radius 3 is 2.07 bits per heavy atom. The maximum atomic E-state index is 12.8. The highest BCUT2D eigenvalue weighted by Gasteiger charge is 2.24. The zero-order valence-electron chi connectivity index (χ0n) is 14.6. The molecular formula is C20H17N4O2S+. The lowest BCUT2D eigenvalue weighted by molar-refractivity contribution is -0.598. The SMILES string of the molecule is Cc1cc[n+](-c2nc3ccccc3nc2NS(=O)(=O)c2ccccc2)cc1. The van der Waals surface area contributed by atoms with E-state index >= 15 is 0 Å². The molecule has 0 aliphatic heterocycles. The summed E-state index contributed by atoms with van der Waals surface area (Å²) in [5, 5.41) is 0. The molecule has 2 heterocycles. The van der Waals surface area contributed by atoms with E-state index in [1.165, 1.54) is 12.1 Å². The predicted molar refractivity (Wildman–Crippen MR) is 103 cm³/mol. The molecule has 0 saturated carbocycles. The number of benzene rings is 2. The first-order valence-corrected chi connectivity index (χ1v) is 9.84. The first kappa shape index (κ1) is 17.1. The summed E-state index contributed by atoms with van der Waals surface area (Å²) in [5.74, 6) is 0.583. The van der Waals surface area contributed by atoms with Gasteiger partial charge in [0.05, 0.1) is 17.3 Å². The standard InChI is InChI=1S/C20H17N4O2S/c1-15-11-13-24(14-12-15)20-19(21-17-9-5-6-10-18(17)22-20)23-27(25,26)16-7-3-2-4-8-16/h2-14H,1H3,(H,21,23)/q+1. The van der Waals surface area contributed by atoms with Crippen molar-refractivity contribution < 1.29 is 13.0 Å². The third kappa shape index (κ3) is 3.50. The lowest BCUT2D eigenvalue weighted by Crippen LogP contribution is -2.33. The van der Waals surface area contributed by atoms with Gasteiger partial charge in [0.2, 0.25) is 11.3 Å². The molecule has 0 aliphatic rings. The summed E-state index contributed by atoms with van der Waals surface area (Å²) in [6, 6.07) is 19.4. The van der Waals surface area contributed by atoms with E-state index in [0.29, 0.717) is 16.9 Å². The van der Waals surface area contributed by atoms with Crippen LogP contribution in [0.5, 0.6) is 0 Å². The van der Waals surface area contributed by atoms with Crippen LogP contribution < -0.4 is 9.29 Å². The normalized spacial score (nSPS) is 11.4. The number of hydrogen-bond donors (Lipinski definition) is 1. The molecule has 2 aromatic heterocycles. The van der Waals surface area contributed by atoms with Crippen LogP contribution in [0.4, 0.5) is 5.82 Å². The molecule has 134 valence electrons. The second-order valence-corrected chi connectivity index (χ2v) is 7.77. The number of hydrogen-bond acceptors (Lipinski definition) is 4. The Labute approximate surface area is 157 Å². The number of pyridine rings is 1. The van der Waals surface area contributed by atoms with Gasteiger partial charge in [-0.3, -0.25) is 4.72 Å². The molecule has 27 heavy (non-hydrogen) atoms. The Kier molecular flexibility index (Phi) is 4.29. The summed E-state index contributed by atoms with van der Waals surface area (Å²) in [7, 11) is -3.79. The molecule has 0 saturated heterocycles. The average molecular weight is 377 g/mol. The van der Waals surface area contributed by atoms with Gasteiger partial charge < -0.3 is 0 Å². The Bertz CT molecular complexity index is 1210. The summed E-state index contributed by atoms with van der Waals surface area (Å²) >= 11 is 0. The number of nitrogens with zero attached hydrogens (tertiary/aromatic N) is 3. The molecule has 6 nitrogen and oxygen atoms in total. The van der Waals surface area contributed by atoms with Crippen molar-refractivity contribution >= 4 is 26.9 Å². The lowest BCUT2D eigenvalue weighted by atomic mass is 10.3. The minimum atomic E-state index is -3.79. The van der Waals surface area contributed by atoms with Crippen molar-refractivity contribution in [2.45, 2.75) is 11.8 Å². The van der Waals surface area contributed by atoms with E-state index < -0.39 is 10.0 Å². The van der Waals surface area contributed by atoms with Crippen LogP contribution >= 0.6 is 0 Å². The van der Waals surface area contributed by atoms with Gasteiger partial charge in [-0.1, -0.05) is 30.3 Å². The van der Waals surface area contributed by atoms with Gasteiger partial charge in [0.25, 0.3) is 10.0 Å². The van der Waals surface area contributed by atoms with Gasteiger partial charge in [-0.25, -0.2) is 18.0 Å². The Morgan fingerprint density at radius 2 is 1.41 bits per heavy atom. The van der Waals surface area contributed by atoms with E-state index in [0.717, 1.165) is 5.56 Å². The molecule has 4 rings (SSSR count). The first-order valence-electron chi connectivity index (χ1n) is 8.36. The molecule has 1 N–H and O–H groups in total. The van der Waals surface area contributed by atoms with Crippen molar-refractivity contribution in [1.82, 2.24) is 9.97 Å². The molecule has 4 aromatic rings. The van der Waals surface area contributed by atoms with Crippen molar-refractivity contribution in [2.24, 2.45) is 0 Å². The molecule has 0 radical (unpaired) electrons. The second kappa shape index (κ2) is 6.77. The van der Waals surface area contributed by atoms with E-state index in [9.17, 15) is 8.42 Å². The number of rotatable bonds is 4. The highest BCUT2D eigenvalue weighted by atomic mass is 32.2. The Morgan fingerprint density at radius 1 is 0.815 bits per heavy atom. The van der Waals surface area contributed by atoms with Crippen LogP contribution in [0.25, 0.3) is 16.9 Å². The monoisotopic (exact) mass is 377 g/mol. The lowest BCUT2D eigenvalue weighted by Gasteiger charge is -2.08. The highest BCUT2D eigenvalue weighted by molar-refractivity contribution is 7.92. The number of nitrogens with one attached hydrogen (secondary N) is 1. The van der Waals surface area contributed by atoms with Gasteiger partial charge in [0.1, 0.15) is 5.52 Å². The van der Waals surface area contributed by atoms with E-state index in [1.54, 1.807) is 28.8 Å². The van der Waals surface area contributed by atoms with Crippen molar-refractivity contribution in [3.8, 4) is 5.82 Å². The van der Waals surface area contributed by atoms with Crippen molar-refractivity contribution in [1.29, 1.82) is 0 Å². The van der Waals surface area contributed by atoms with Crippen molar-refractivity contribution in [2.75, 3.05) is 4.72 Å². The summed E-state index contributed by atoms with van der Waals surface area (Å²) in [6.45, 7) is 1.98. The third-order valence-corrected chi connectivity index (χ3v) is 5.43. The second-order valence-electron chi connectivity index (χ2n) is 6.09. The number of anilines is 1. The first-order chi connectivity index (χ1) is 13.0. The van der Waals surface area contributed by atoms with Gasteiger partial charge >= 0.3 is 5.82 Å². The van der Waals surface area contributed by atoms with Crippen LogP contribution in [-0.2, 0) is 10.0 Å². The number of sulfonamides is 1. The molecule has 0 amide bonds. The third-order valence-electron chi connectivity index (χ3n) is 4.08. The van der Waals surface area contributed by atoms with Gasteiger partial charge in [-0.2, -0.15) is 0 Å². The van der Waals surface area contributed by atoms with Gasteiger partial charge in [-0.05, 0) is 53.9 Å². The van der Waals surface area contributed by atoms with E-state index in [2.05, 4.69) is 14.7 Å². The molecule has 0 spiro atoms. The molecule has 0 atom stereocenters. The maximum absolute atomic E-state index is 12.8. The number of aromatic nitrogens is 3. The largest absolute Gasteiger partial charge is 0.372 e. The molecule has 2 aromatic carbocycles. The Balaban J connectivity index is 1.88.